The summed E-state index contributed by atoms with van der Waals surface area (Å²) in [5.41, 5.74) is 0.507. The monoisotopic (exact) mass is 1180 g/mol. The van der Waals surface area contributed by atoms with E-state index in [1.165, 1.54) is 72.8 Å². The van der Waals surface area contributed by atoms with Crippen molar-refractivity contribution in [2.75, 3.05) is 13.2 Å². The molecule has 2 heterocycles. The zero-order chi connectivity index (χ0) is 59.8. The fraction of sp³-hybridized carbons (Fsp3) is 0.191. The molecule has 2 aliphatic rings. The van der Waals surface area contributed by atoms with Gasteiger partial charge >= 0.3 is 41.8 Å². The van der Waals surface area contributed by atoms with Crippen molar-refractivity contribution in [3.05, 3.63) is 281 Å². The molecule has 0 amide bonds. The van der Waals surface area contributed by atoms with E-state index in [1.54, 1.807) is 140 Å². The SMILES string of the molecule is Cc1ccc(S[C@H]2O[C@H]([C@H](COC(=O)c3ccccc3)O[C@H]3O[C@H](C(COC(=O)c4ccccc4)OC(=O)c4ccccc4)[C@@H](OC(=O)c4ccccc4)[C@@H]3OC(=O)c3ccccc3)[C@@H](OC(=O)c3ccccc3)[C@@H]2OC(=O)c2ccccc2)cc1. The quantitative estimate of drug-likeness (QED) is 0.0456. The number of aryl methyl sites for hydroxylation is 1. The Hall–Kier alpha value is -9.72. The van der Waals surface area contributed by atoms with Crippen LogP contribution in [0.3, 0.4) is 0 Å². The van der Waals surface area contributed by atoms with Crippen molar-refractivity contribution in [1.82, 2.24) is 0 Å². The summed E-state index contributed by atoms with van der Waals surface area (Å²) in [5, 5.41) is 0. The van der Waals surface area contributed by atoms with Crippen LogP contribution in [0.1, 0.15) is 78.1 Å². The van der Waals surface area contributed by atoms with Crippen molar-refractivity contribution in [3.8, 4) is 0 Å². The minimum atomic E-state index is -1.92. The van der Waals surface area contributed by atoms with Crippen molar-refractivity contribution in [1.29, 1.82) is 0 Å². The third-order valence-corrected chi connectivity index (χ3v) is 14.9. The highest BCUT2D eigenvalue weighted by atomic mass is 32.2. The summed E-state index contributed by atoms with van der Waals surface area (Å²) in [5.74, 6) is -6.12. The topological polar surface area (TPSA) is 212 Å². The Bertz CT molecular complexity index is 3570. The molecule has 10 atom stereocenters. The fourth-order valence-corrected chi connectivity index (χ4v) is 10.5. The smallest absolute Gasteiger partial charge is 0.338 e. The van der Waals surface area contributed by atoms with Crippen LogP contribution in [0.4, 0.5) is 0 Å². The van der Waals surface area contributed by atoms with Gasteiger partial charge < -0.3 is 47.4 Å². The second kappa shape index (κ2) is 28.7. The van der Waals surface area contributed by atoms with Gasteiger partial charge in [0.1, 0.15) is 37.0 Å². The van der Waals surface area contributed by atoms with E-state index in [9.17, 15) is 33.6 Å². The molecule has 2 saturated heterocycles. The minimum absolute atomic E-state index is 0.0473. The van der Waals surface area contributed by atoms with Crippen molar-refractivity contribution in [2.45, 2.75) is 72.4 Å². The molecule has 0 spiro atoms. The Morgan fingerprint density at radius 1 is 0.360 bits per heavy atom. The summed E-state index contributed by atoms with van der Waals surface area (Å²) in [6.07, 6.45) is -15.2. The lowest BCUT2D eigenvalue weighted by Gasteiger charge is -2.31. The Balaban J connectivity index is 1.10. The number of rotatable bonds is 22. The van der Waals surface area contributed by atoms with Crippen LogP contribution in [0.15, 0.2) is 241 Å². The first-order valence-electron chi connectivity index (χ1n) is 27.4. The molecule has 0 saturated carbocycles. The maximum absolute atomic E-state index is 14.5. The van der Waals surface area contributed by atoms with E-state index >= 15 is 0 Å². The normalized spacial score (nSPS) is 20.2. The van der Waals surface area contributed by atoms with Gasteiger partial charge in [-0.2, -0.15) is 0 Å². The number of ether oxygens (including phenoxy) is 10. The maximum Gasteiger partial charge on any atom is 0.338 e. The third-order valence-electron chi connectivity index (χ3n) is 13.8. The zero-order valence-electron chi connectivity index (χ0n) is 46.1. The van der Waals surface area contributed by atoms with Gasteiger partial charge in [-0.3, -0.25) is 0 Å². The van der Waals surface area contributed by atoms with Gasteiger partial charge in [0.25, 0.3) is 0 Å². The number of esters is 7. The molecule has 0 N–H and O–H groups in total. The molecule has 8 aromatic carbocycles. The fourth-order valence-electron chi connectivity index (χ4n) is 9.42. The van der Waals surface area contributed by atoms with Gasteiger partial charge in [0.05, 0.1) is 38.9 Å². The van der Waals surface area contributed by atoms with Crippen LogP contribution >= 0.6 is 11.8 Å². The van der Waals surface area contributed by atoms with E-state index in [0.717, 1.165) is 17.3 Å². The summed E-state index contributed by atoms with van der Waals surface area (Å²) >= 11 is 1.14. The van der Waals surface area contributed by atoms with Crippen molar-refractivity contribution < 1.29 is 80.9 Å². The summed E-state index contributed by atoms with van der Waals surface area (Å²) in [6, 6.07) is 63.2. The minimum Gasteiger partial charge on any atom is -0.459 e. The van der Waals surface area contributed by atoms with E-state index in [0.29, 0.717) is 4.90 Å². The molecule has 2 aliphatic heterocycles. The van der Waals surface area contributed by atoms with E-state index in [4.69, 9.17) is 47.4 Å². The van der Waals surface area contributed by atoms with Crippen LogP contribution in [0.2, 0.25) is 0 Å². The van der Waals surface area contributed by atoms with Crippen LogP contribution in [-0.2, 0) is 47.4 Å². The van der Waals surface area contributed by atoms with Crippen molar-refractivity contribution in [3.63, 3.8) is 0 Å². The van der Waals surface area contributed by atoms with Gasteiger partial charge in [0, 0.05) is 4.90 Å². The van der Waals surface area contributed by atoms with Gasteiger partial charge in [0.15, 0.2) is 36.8 Å². The molecular formula is C68H56O17S. The average Bonchev–Trinajstić information content (AvgIpc) is 2.06. The summed E-state index contributed by atoms with van der Waals surface area (Å²) < 4.78 is 64.3. The van der Waals surface area contributed by atoms with Gasteiger partial charge in [-0.25, -0.2) is 33.6 Å². The third kappa shape index (κ3) is 15.1. The van der Waals surface area contributed by atoms with Crippen LogP contribution in [0.5, 0.6) is 0 Å². The van der Waals surface area contributed by atoms with Crippen LogP contribution in [-0.4, -0.2) is 116 Å². The molecule has 0 aromatic heterocycles. The van der Waals surface area contributed by atoms with E-state index < -0.39 is 116 Å². The Morgan fingerprint density at radius 2 is 0.674 bits per heavy atom. The summed E-state index contributed by atoms with van der Waals surface area (Å²) in [6.45, 7) is 0.466. The molecule has 18 heteroatoms. The predicted octanol–water partition coefficient (Wildman–Crippen LogP) is 10.8. The predicted molar refractivity (Wildman–Crippen MR) is 311 cm³/mol. The van der Waals surface area contributed by atoms with E-state index in [-0.39, 0.29) is 38.9 Å². The Kier molecular flexibility index (Phi) is 19.8. The van der Waals surface area contributed by atoms with Crippen LogP contribution in [0, 0.1) is 6.92 Å². The van der Waals surface area contributed by atoms with Crippen LogP contribution < -0.4 is 0 Å². The Morgan fingerprint density at radius 3 is 1.07 bits per heavy atom. The second-order valence-electron chi connectivity index (χ2n) is 19.7. The molecule has 86 heavy (non-hydrogen) atoms. The largest absolute Gasteiger partial charge is 0.459 e. The number of carbonyl (C=O) groups is 7. The number of carbonyl (C=O) groups excluding carboxylic acids is 7. The molecule has 17 nitrogen and oxygen atoms in total. The van der Waals surface area contributed by atoms with Gasteiger partial charge in [-0.05, 0) is 104 Å². The van der Waals surface area contributed by atoms with Crippen molar-refractivity contribution >= 4 is 53.5 Å². The summed E-state index contributed by atoms with van der Waals surface area (Å²) in [4.78, 5) is 101. The van der Waals surface area contributed by atoms with Gasteiger partial charge in [-0.1, -0.05) is 157 Å². The lowest BCUT2D eigenvalue weighted by Crippen LogP contribution is -2.50. The van der Waals surface area contributed by atoms with Crippen molar-refractivity contribution in [2.24, 2.45) is 0 Å². The van der Waals surface area contributed by atoms with Gasteiger partial charge in [-0.15, -0.1) is 0 Å². The zero-order valence-corrected chi connectivity index (χ0v) is 46.9. The molecular weight excluding hydrogens is 1120 g/mol. The molecule has 0 radical (unpaired) electrons. The molecule has 2 fully saturated rings. The first kappa shape index (κ1) is 59.4. The first-order chi connectivity index (χ1) is 41.9. The van der Waals surface area contributed by atoms with Gasteiger partial charge in [0.2, 0.25) is 0 Å². The lowest BCUT2D eigenvalue weighted by molar-refractivity contribution is -0.231. The highest BCUT2D eigenvalue weighted by molar-refractivity contribution is 7.99. The highest BCUT2D eigenvalue weighted by Crippen LogP contribution is 2.42. The maximum atomic E-state index is 14.5. The number of thioether (sulfide) groups is 1. The van der Waals surface area contributed by atoms with E-state index in [1.807, 2.05) is 31.2 Å². The molecule has 10 rings (SSSR count). The first-order valence-corrected chi connectivity index (χ1v) is 28.3. The number of hydrogen-bond donors (Lipinski definition) is 0. The standard InChI is InChI=1S/C68H56O17S/c1-43-37-39-51(40-38-43)86-68-59(83-66(75)50-35-21-8-22-36-50)57(81-64(73)48-31-17-6-18-32-48)55(85-68)53(42-77-61(70)45-25-11-3-12-26-45)79-67-58(82-65(74)49-33-19-7-20-34-49)56(80-63(72)47-29-15-5-16-30-47)54(84-67)52(78-62(71)46-27-13-4-14-28-46)41-76-60(69)44-23-9-2-10-24-44/h2-40,52-59,67-68H,41-42H2,1H3/t52?,53-,54+,55+,56+,57+,58-,59-,67-,68+/m0/s1. The number of hydrogen-bond acceptors (Lipinski definition) is 18. The van der Waals surface area contributed by atoms with Crippen LogP contribution in [0.25, 0.3) is 0 Å². The molecule has 0 aliphatic carbocycles. The lowest BCUT2D eigenvalue weighted by atomic mass is 10.0. The average molecular weight is 1180 g/mol. The molecule has 1 unspecified atom stereocenters. The summed E-state index contributed by atoms with van der Waals surface area (Å²) in [7, 11) is 0. The molecule has 436 valence electrons. The van der Waals surface area contributed by atoms with E-state index in [2.05, 4.69) is 0 Å². The molecule has 0 bridgehead atoms. The number of benzene rings is 8. The molecule has 8 aromatic rings. The Labute approximate surface area is 499 Å². The second-order valence-corrected chi connectivity index (χ2v) is 20.9. The highest BCUT2D eigenvalue weighted by Gasteiger charge is 2.59.